The zero-order chi connectivity index (χ0) is 21.2. The standard InChI is InChI=1S/C19H28N4O6/c1-3-28-19-15(5-4-10-24)13(2)11-16(29-19)18(25)21-9-8-20-17-7-6-14(12-22-17)23(26)27/h6-7,11-13,15,19,24H,3-5,8-10H2,1-2H3,(H,20,22)(H,21,25)/t13-,15+,19+/m0/s1. The van der Waals surface area contributed by atoms with Gasteiger partial charge in [0.1, 0.15) is 12.0 Å². The number of carbonyl (C=O) groups is 1. The number of aliphatic hydroxyl groups is 1. The maximum absolute atomic E-state index is 12.4. The highest BCUT2D eigenvalue weighted by molar-refractivity contribution is 5.91. The molecule has 1 aromatic rings. The molecule has 0 bridgehead atoms. The highest BCUT2D eigenvalue weighted by Gasteiger charge is 2.34. The normalized spacial score (nSPS) is 21.1. The molecule has 0 radical (unpaired) electrons. The summed E-state index contributed by atoms with van der Waals surface area (Å²) in [7, 11) is 0. The molecule has 3 atom stereocenters. The van der Waals surface area contributed by atoms with Gasteiger partial charge in [-0.1, -0.05) is 6.92 Å². The van der Waals surface area contributed by atoms with E-state index in [1.165, 1.54) is 18.3 Å². The summed E-state index contributed by atoms with van der Waals surface area (Å²) in [6.07, 6.45) is 3.84. The van der Waals surface area contributed by atoms with Gasteiger partial charge in [-0.2, -0.15) is 0 Å². The average Bonchev–Trinajstić information content (AvgIpc) is 2.71. The molecule has 0 saturated heterocycles. The lowest BCUT2D eigenvalue weighted by Crippen LogP contribution is -2.39. The molecule has 0 fully saturated rings. The number of rotatable bonds is 11. The van der Waals surface area contributed by atoms with Crippen molar-refractivity contribution in [2.75, 3.05) is 31.6 Å². The van der Waals surface area contributed by atoms with Crippen LogP contribution in [0.4, 0.5) is 11.5 Å². The first-order valence-electron chi connectivity index (χ1n) is 9.69. The molecule has 1 amide bonds. The second kappa shape index (κ2) is 11.3. The number of hydrogen-bond acceptors (Lipinski definition) is 8. The molecule has 1 aromatic heterocycles. The van der Waals surface area contributed by atoms with E-state index in [0.717, 1.165) is 6.42 Å². The van der Waals surface area contributed by atoms with Crippen LogP contribution >= 0.6 is 0 Å². The minimum Gasteiger partial charge on any atom is -0.459 e. The fourth-order valence-corrected chi connectivity index (χ4v) is 3.09. The van der Waals surface area contributed by atoms with Crippen LogP contribution in [0.25, 0.3) is 0 Å². The Kier molecular flexibility index (Phi) is 8.81. The second-order valence-corrected chi connectivity index (χ2v) is 6.70. The van der Waals surface area contributed by atoms with E-state index < -0.39 is 11.2 Å². The van der Waals surface area contributed by atoms with Crippen LogP contribution in [-0.2, 0) is 14.3 Å². The first-order chi connectivity index (χ1) is 14.0. The Balaban J connectivity index is 1.83. The Bertz CT molecular complexity index is 709. The van der Waals surface area contributed by atoms with Crippen LogP contribution in [0.1, 0.15) is 26.7 Å². The van der Waals surface area contributed by atoms with Gasteiger partial charge in [0, 0.05) is 38.3 Å². The molecule has 0 aliphatic carbocycles. The van der Waals surface area contributed by atoms with Gasteiger partial charge in [0.25, 0.3) is 11.6 Å². The van der Waals surface area contributed by atoms with Crippen LogP contribution in [0.15, 0.2) is 30.2 Å². The maximum Gasteiger partial charge on any atom is 0.287 e. The number of allylic oxidation sites excluding steroid dienone is 1. The Labute approximate surface area is 169 Å². The number of amides is 1. The van der Waals surface area contributed by atoms with Gasteiger partial charge in [0.2, 0.25) is 6.29 Å². The monoisotopic (exact) mass is 408 g/mol. The predicted molar refractivity (Wildman–Crippen MR) is 106 cm³/mol. The van der Waals surface area contributed by atoms with Crippen molar-refractivity contribution in [2.24, 2.45) is 11.8 Å². The number of anilines is 1. The van der Waals surface area contributed by atoms with Crippen molar-refractivity contribution < 1.29 is 24.3 Å². The van der Waals surface area contributed by atoms with Crippen molar-refractivity contribution in [3.8, 4) is 0 Å². The van der Waals surface area contributed by atoms with Crippen molar-refractivity contribution in [3.05, 3.63) is 40.3 Å². The number of nitrogens with zero attached hydrogens (tertiary/aromatic N) is 2. The van der Waals surface area contributed by atoms with Gasteiger partial charge in [0.15, 0.2) is 5.76 Å². The molecule has 10 nitrogen and oxygen atoms in total. The van der Waals surface area contributed by atoms with Crippen LogP contribution in [0, 0.1) is 22.0 Å². The first kappa shape index (κ1) is 22.6. The van der Waals surface area contributed by atoms with Gasteiger partial charge >= 0.3 is 0 Å². The van der Waals surface area contributed by atoms with Gasteiger partial charge in [-0.3, -0.25) is 14.9 Å². The van der Waals surface area contributed by atoms with E-state index in [2.05, 4.69) is 15.6 Å². The second-order valence-electron chi connectivity index (χ2n) is 6.70. The lowest BCUT2D eigenvalue weighted by Gasteiger charge is -2.35. The van der Waals surface area contributed by atoms with E-state index in [-0.39, 0.29) is 35.8 Å². The van der Waals surface area contributed by atoms with E-state index in [9.17, 15) is 14.9 Å². The Morgan fingerprint density at radius 2 is 2.21 bits per heavy atom. The molecule has 0 unspecified atom stereocenters. The number of ether oxygens (including phenoxy) is 2. The van der Waals surface area contributed by atoms with Gasteiger partial charge < -0.3 is 25.2 Å². The van der Waals surface area contributed by atoms with Crippen molar-refractivity contribution in [1.82, 2.24) is 10.3 Å². The van der Waals surface area contributed by atoms with E-state index in [0.29, 0.717) is 31.9 Å². The average molecular weight is 408 g/mol. The molecule has 0 saturated carbocycles. The van der Waals surface area contributed by atoms with Crippen LogP contribution in [0.5, 0.6) is 0 Å². The van der Waals surface area contributed by atoms with Gasteiger partial charge in [-0.15, -0.1) is 0 Å². The van der Waals surface area contributed by atoms with Crippen LogP contribution in [0.2, 0.25) is 0 Å². The topological polar surface area (TPSA) is 136 Å². The zero-order valence-corrected chi connectivity index (χ0v) is 16.7. The minimum absolute atomic E-state index is 0.0773. The number of carbonyl (C=O) groups excluding carboxylic acids is 1. The van der Waals surface area contributed by atoms with Crippen molar-refractivity contribution >= 4 is 17.4 Å². The summed E-state index contributed by atoms with van der Waals surface area (Å²) in [5.41, 5.74) is -0.0829. The quantitative estimate of drug-likeness (QED) is 0.287. The highest BCUT2D eigenvalue weighted by Crippen LogP contribution is 2.32. The molecule has 2 rings (SSSR count). The molecule has 0 spiro atoms. The largest absolute Gasteiger partial charge is 0.459 e. The van der Waals surface area contributed by atoms with E-state index in [1.807, 2.05) is 13.8 Å². The SMILES string of the molecule is CCO[C@@H]1OC(C(=O)NCCNc2ccc([N+](=O)[O-])cn2)=C[C@H](C)[C@H]1CCCO. The molecule has 2 heterocycles. The third kappa shape index (κ3) is 6.68. The molecule has 160 valence electrons. The summed E-state index contributed by atoms with van der Waals surface area (Å²) in [4.78, 5) is 26.5. The number of aromatic nitrogens is 1. The van der Waals surface area contributed by atoms with E-state index in [4.69, 9.17) is 14.6 Å². The van der Waals surface area contributed by atoms with E-state index in [1.54, 1.807) is 6.08 Å². The fourth-order valence-electron chi connectivity index (χ4n) is 3.09. The summed E-state index contributed by atoms with van der Waals surface area (Å²) in [6, 6.07) is 2.87. The summed E-state index contributed by atoms with van der Waals surface area (Å²) < 4.78 is 11.4. The molecular weight excluding hydrogens is 380 g/mol. The minimum atomic E-state index is -0.519. The Morgan fingerprint density at radius 3 is 2.83 bits per heavy atom. The van der Waals surface area contributed by atoms with Crippen molar-refractivity contribution in [3.63, 3.8) is 0 Å². The third-order valence-electron chi connectivity index (χ3n) is 4.61. The molecule has 10 heteroatoms. The van der Waals surface area contributed by atoms with Gasteiger partial charge in [-0.05, 0) is 37.8 Å². The number of nitrogens with one attached hydrogen (secondary N) is 2. The van der Waals surface area contributed by atoms with Gasteiger partial charge in [0.05, 0.1) is 4.92 Å². The van der Waals surface area contributed by atoms with Gasteiger partial charge in [-0.25, -0.2) is 4.98 Å². The summed E-state index contributed by atoms with van der Waals surface area (Å²) in [5.74, 6) is 0.531. The van der Waals surface area contributed by atoms with Crippen molar-refractivity contribution in [1.29, 1.82) is 0 Å². The van der Waals surface area contributed by atoms with Crippen LogP contribution in [-0.4, -0.2) is 53.5 Å². The maximum atomic E-state index is 12.4. The molecule has 1 aliphatic rings. The zero-order valence-electron chi connectivity index (χ0n) is 16.7. The summed E-state index contributed by atoms with van der Waals surface area (Å²) in [5, 5.41) is 25.4. The number of aliphatic hydroxyl groups excluding tert-OH is 1. The summed E-state index contributed by atoms with van der Waals surface area (Å²) in [6.45, 7) is 5.16. The van der Waals surface area contributed by atoms with Crippen molar-refractivity contribution in [2.45, 2.75) is 33.0 Å². The molecular formula is C19H28N4O6. The smallest absolute Gasteiger partial charge is 0.287 e. The lowest BCUT2D eigenvalue weighted by atomic mass is 9.87. The summed E-state index contributed by atoms with van der Waals surface area (Å²) >= 11 is 0. The lowest BCUT2D eigenvalue weighted by molar-refractivity contribution is -0.385. The molecule has 29 heavy (non-hydrogen) atoms. The predicted octanol–water partition coefficient (Wildman–Crippen LogP) is 1.82. The molecule has 0 aromatic carbocycles. The van der Waals surface area contributed by atoms with E-state index >= 15 is 0 Å². The first-order valence-corrected chi connectivity index (χ1v) is 9.69. The molecule has 1 aliphatic heterocycles. The van der Waals surface area contributed by atoms with Crippen LogP contribution in [0.3, 0.4) is 0 Å². The number of hydrogen-bond donors (Lipinski definition) is 3. The van der Waals surface area contributed by atoms with Crippen LogP contribution < -0.4 is 10.6 Å². The Morgan fingerprint density at radius 1 is 1.41 bits per heavy atom. The molecule has 3 N–H and O–H groups in total. The number of nitro groups is 1. The Hall–Kier alpha value is -2.72. The fraction of sp³-hybridized carbons (Fsp3) is 0.579. The third-order valence-corrected chi connectivity index (χ3v) is 4.61. The highest BCUT2D eigenvalue weighted by atomic mass is 16.7. The number of pyridine rings is 1.